The second-order valence-electron chi connectivity index (χ2n) is 10.1. The fraction of sp³-hybridized carbons (Fsp3) is 0.560. The number of hydrogen-bond donors (Lipinski definition) is 2. The van der Waals surface area contributed by atoms with E-state index in [0.29, 0.717) is 11.1 Å². The minimum atomic E-state index is -0.975. The number of carbonyl (C=O) groups excluding carboxylic acids is 3. The first-order valence-corrected chi connectivity index (χ1v) is 10.8. The molecule has 0 radical (unpaired) electrons. The Balaban J connectivity index is 3.41. The Kier molecular flexibility index (Phi) is 8.90. The van der Waals surface area contributed by atoms with Gasteiger partial charge >= 0.3 is 6.09 Å². The van der Waals surface area contributed by atoms with Crippen LogP contribution in [0.15, 0.2) is 24.3 Å². The summed E-state index contributed by atoms with van der Waals surface area (Å²) in [6, 6.07) is 4.79. The zero-order valence-electron chi connectivity index (χ0n) is 20.7. The molecule has 2 atom stereocenters. The SMILES string of the molecule is C#Cc1ccccc1C(C(=O)NC(C)(C)C)N(C(=O)C(C)NC(=O)OC(C)(C)C)C(C)C. The van der Waals surface area contributed by atoms with E-state index in [-0.39, 0.29) is 11.9 Å². The van der Waals surface area contributed by atoms with Crippen molar-refractivity contribution in [2.45, 2.75) is 91.6 Å². The van der Waals surface area contributed by atoms with Crippen molar-refractivity contribution in [1.29, 1.82) is 0 Å². The maximum atomic E-state index is 13.5. The summed E-state index contributed by atoms with van der Waals surface area (Å²) in [7, 11) is 0. The van der Waals surface area contributed by atoms with Gasteiger partial charge in [-0.3, -0.25) is 9.59 Å². The quantitative estimate of drug-likeness (QED) is 0.655. The van der Waals surface area contributed by atoms with Crippen molar-refractivity contribution >= 4 is 17.9 Å². The molecule has 0 aromatic heterocycles. The van der Waals surface area contributed by atoms with Crippen LogP contribution in [0, 0.1) is 12.3 Å². The van der Waals surface area contributed by atoms with Crippen LogP contribution in [0.25, 0.3) is 0 Å². The summed E-state index contributed by atoms with van der Waals surface area (Å²) < 4.78 is 5.27. The van der Waals surface area contributed by atoms with Gasteiger partial charge in [0.15, 0.2) is 0 Å². The van der Waals surface area contributed by atoms with E-state index in [1.54, 1.807) is 52.0 Å². The Hall–Kier alpha value is -3.01. The van der Waals surface area contributed by atoms with Crippen molar-refractivity contribution in [2.24, 2.45) is 0 Å². The molecule has 7 nitrogen and oxygen atoms in total. The summed E-state index contributed by atoms with van der Waals surface area (Å²) in [4.78, 5) is 40.6. The summed E-state index contributed by atoms with van der Waals surface area (Å²) in [5, 5.41) is 5.53. The second kappa shape index (κ2) is 10.5. The molecule has 1 aromatic carbocycles. The normalized spacial score (nSPS) is 13.5. The van der Waals surface area contributed by atoms with Gasteiger partial charge in [0.25, 0.3) is 0 Å². The topological polar surface area (TPSA) is 87.7 Å². The average molecular weight is 444 g/mol. The summed E-state index contributed by atoms with van der Waals surface area (Å²) in [5.74, 6) is 1.83. The number of ether oxygens (including phenoxy) is 1. The Morgan fingerprint density at radius 2 is 1.59 bits per heavy atom. The lowest BCUT2D eigenvalue weighted by Crippen LogP contribution is -2.55. The molecule has 0 aliphatic carbocycles. The molecule has 0 saturated carbocycles. The first kappa shape index (κ1) is 27.0. The highest BCUT2D eigenvalue weighted by atomic mass is 16.6. The molecule has 0 fully saturated rings. The smallest absolute Gasteiger partial charge is 0.408 e. The van der Waals surface area contributed by atoms with Crippen LogP contribution in [-0.2, 0) is 14.3 Å². The lowest BCUT2D eigenvalue weighted by atomic mass is 9.95. The molecule has 176 valence electrons. The van der Waals surface area contributed by atoms with Crippen molar-refractivity contribution in [3.63, 3.8) is 0 Å². The third-order valence-corrected chi connectivity index (χ3v) is 4.35. The molecule has 1 rings (SSSR count). The molecular formula is C25H37N3O4. The summed E-state index contributed by atoms with van der Waals surface area (Å²) in [6.45, 7) is 16.0. The van der Waals surface area contributed by atoms with E-state index >= 15 is 0 Å². The average Bonchev–Trinajstić information content (AvgIpc) is 2.61. The number of alkyl carbamates (subject to hydrolysis) is 1. The molecule has 0 heterocycles. The van der Waals surface area contributed by atoms with E-state index in [1.807, 2.05) is 34.6 Å². The standard InChI is InChI=1S/C25H37N3O4/c1-11-18-14-12-13-15-19(18)20(21(29)27-24(5,6)7)28(16(2)3)22(30)17(4)26-23(31)32-25(8,9)10/h1,12-17,20H,2-10H3,(H,26,31)(H,27,29). The highest BCUT2D eigenvalue weighted by Crippen LogP contribution is 2.28. The molecule has 0 bridgehead atoms. The maximum Gasteiger partial charge on any atom is 0.408 e. The van der Waals surface area contributed by atoms with Crippen molar-refractivity contribution in [2.75, 3.05) is 0 Å². The van der Waals surface area contributed by atoms with Crippen molar-refractivity contribution in [3.05, 3.63) is 35.4 Å². The van der Waals surface area contributed by atoms with E-state index in [0.717, 1.165) is 0 Å². The molecule has 0 aliphatic heterocycles. The molecule has 3 amide bonds. The molecule has 0 spiro atoms. The largest absolute Gasteiger partial charge is 0.444 e. The number of nitrogens with one attached hydrogen (secondary N) is 2. The van der Waals surface area contributed by atoms with Crippen LogP contribution in [0.4, 0.5) is 4.79 Å². The second-order valence-corrected chi connectivity index (χ2v) is 10.1. The summed E-state index contributed by atoms with van der Waals surface area (Å²) in [6.07, 6.45) is 4.99. The predicted molar refractivity (Wildman–Crippen MR) is 126 cm³/mol. The van der Waals surface area contributed by atoms with Crippen LogP contribution < -0.4 is 10.6 Å². The van der Waals surface area contributed by atoms with Crippen molar-refractivity contribution < 1.29 is 19.1 Å². The molecular weight excluding hydrogens is 406 g/mol. The van der Waals surface area contributed by atoms with Gasteiger partial charge in [-0.2, -0.15) is 0 Å². The number of carbonyl (C=O) groups is 3. The highest BCUT2D eigenvalue weighted by Gasteiger charge is 2.38. The van der Waals surface area contributed by atoms with Gasteiger partial charge in [0, 0.05) is 17.1 Å². The third-order valence-electron chi connectivity index (χ3n) is 4.35. The van der Waals surface area contributed by atoms with Crippen LogP contribution in [0.1, 0.15) is 79.5 Å². The van der Waals surface area contributed by atoms with E-state index in [4.69, 9.17) is 11.2 Å². The van der Waals surface area contributed by atoms with Crippen LogP contribution in [0.5, 0.6) is 0 Å². The van der Waals surface area contributed by atoms with E-state index < -0.39 is 35.2 Å². The highest BCUT2D eigenvalue weighted by molar-refractivity contribution is 5.92. The van der Waals surface area contributed by atoms with Crippen LogP contribution in [0.3, 0.4) is 0 Å². The van der Waals surface area contributed by atoms with Crippen molar-refractivity contribution in [1.82, 2.24) is 15.5 Å². The molecule has 1 aromatic rings. The Morgan fingerprint density at radius 1 is 1.03 bits per heavy atom. The number of nitrogens with zero attached hydrogens (tertiary/aromatic N) is 1. The molecule has 0 saturated heterocycles. The van der Waals surface area contributed by atoms with Gasteiger partial charge in [-0.1, -0.05) is 24.1 Å². The van der Waals surface area contributed by atoms with E-state index in [1.165, 1.54) is 4.90 Å². The molecule has 2 unspecified atom stereocenters. The Morgan fingerprint density at radius 3 is 2.06 bits per heavy atom. The summed E-state index contributed by atoms with van der Waals surface area (Å²) >= 11 is 0. The number of rotatable bonds is 6. The van der Waals surface area contributed by atoms with Gasteiger partial charge in [-0.15, -0.1) is 6.42 Å². The molecule has 32 heavy (non-hydrogen) atoms. The first-order valence-electron chi connectivity index (χ1n) is 10.8. The van der Waals surface area contributed by atoms with Crippen LogP contribution in [-0.4, -0.2) is 46.0 Å². The Bertz CT molecular complexity index is 872. The van der Waals surface area contributed by atoms with Crippen molar-refractivity contribution in [3.8, 4) is 12.3 Å². The van der Waals surface area contributed by atoms with Gasteiger partial charge in [0.2, 0.25) is 11.8 Å². The zero-order valence-corrected chi connectivity index (χ0v) is 20.7. The Labute approximate surface area is 192 Å². The van der Waals surface area contributed by atoms with Crippen LogP contribution >= 0.6 is 0 Å². The third kappa shape index (κ3) is 7.92. The van der Waals surface area contributed by atoms with E-state index in [9.17, 15) is 14.4 Å². The maximum absolute atomic E-state index is 13.5. The van der Waals surface area contributed by atoms with Gasteiger partial charge in [0.1, 0.15) is 17.7 Å². The fourth-order valence-corrected chi connectivity index (χ4v) is 3.17. The van der Waals surface area contributed by atoms with Gasteiger partial charge < -0.3 is 20.3 Å². The molecule has 2 N–H and O–H groups in total. The molecule has 0 aliphatic rings. The minimum Gasteiger partial charge on any atom is -0.444 e. The number of hydrogen-bond acceptors (Lipinski definition) is 4. The van der Waals surface area contributed by atoms with Gasteiger partial charge in [-0.25, -0.2) is 4.79 Å². The number of amides is 3. The van der Waals surface area contributed by atoms with E-state index in [2.05, 4.69) is 16.6 Å². The lowest BCUT2D eigenvalue weighted by Gasteiger charge is -2.38. The first-order chi connectivity index (χ1) is 14.6. The monoisotopic (exact) mass is 443 g/mol. The lowest BCUT2D eigenvalue weighted by molar-refractivity contribution is -0.144. The number of benzene rings is 1. The van der Waals surface area contributed by atoms with Crippen LogP contribution in [0.2, 0.25) is 0 Å². The summed E-state index contributed by atoms with van der Waals surface area (Å²) in [5.41, 5.74) is -0.158. The molecule has 7 heteroatoms. The zero-order chi connectivity index (χ0) is 24.9. The minimum absolute atomic E-state index is 0.355. The van der Waals surface area contributed by atoms with Gasteiger partial charge in [0.05, 0.1) is 0 Å². The number of terminal acetylenes is 1. The van der Waals surface area contributed by atoms with Gasteiger partial charge in [-0.05, 0) is 73.9 Å². The predicted octanol–water partition coefficient (Wildman–Crippen LogP) is 3.77. The fourth-order valence-electron chi connectivity index (χ4n) is 3.17.